The molecule has 0 amide bonds. The zero-order chi connectivity index (χ0) is 13.2. The molecule has 2 nitrogen and oxygen atoms in total. The maximum Gasteiger partial charge on any atom is 0.0525 e. The Kier molecular flexibility index (Phi) is 4.10. The topological polar surface area (TPSA) is 29.3 Å². The molecule has 0 saturated heterocycles. The molecule has 2 N–H and O–H groups in total. The molecule has 0 aliphatic carbocycles. The van der Waals surface area contributed by atoms with Gasteiger partial charge in [-0.05, 0) is 36.5 Å². The Balaban J connectivity index is 2.01. The monoisotopic (exact) mass is 264 g/mol. The maximum atomic E-state index is 5.91. The van der Waals surface area contributed by atoms with Crippen molar-refractivity contribution in [3.05, 3.63) is 18.2 Å². The van der Waals surface area contributed by atoms with Crippen LogP contribution in [0.25, 0.3) is 0 Å². The molecule has 0 fully saturated rings. The first kappa shape index (κ1) is 13.6. The lowest BCUT2D eigenvalue weighted by Gasteiger charge is -2.32. The summed E-state index contributed by atoms with van der Waals surface area (Å²) >= 11 is 1.94. The number of nitrogens with two attached hydrogens (primary N) is 1. The van der Waals surface area contributed by atoms with Gasteiger partial charge in [0.1, 0.15) is 0 Å². The fourth-order valence-corrected chi connectivity index (χ4v) is 3.35. The Hall–Kier alpha value is -0.830. The fraction of sp³-hybridized carbons (Fsp3) is 0.600. The van der Waals surface area contributed by atoms with Crippen LogP contribution in [0.1, 0.15) is 33.6 Å². The highest BCUT2D eigenvalue weighted by atomic mass is 32.2. The van der Waals surface area contributed by atoms with E-state index in [1.54, 1.807) is 0 Å². The molecular formula is C15H24N2S. The second-order valence-corrected chi connectivity index (χ2v) is 7.36. The van der Waals surface area contributed by atoms with Gasteiger partial charge in [0, 0.05) is 29.4 Å². The average molecular weight is 264 g/mol. The quantitative estimate of drug-likeness (QED) is 0.836. The van der Waals surface area contributed by atoms with Gasteiger partial charge in [-0.2, -0.15) is 0 Å². The number of benzene rings is 1. The minimum Gasteiger partial charge on any atom is -0.399 e. The van der Waals surface area contributed by atoms with Gasteiger partial charge in [-0.25, -0.2) is 0 Å². The number of hydrogen-bond acceptors (Lipinski definition) is 3. The third-order valence-electron chi connectivity index (χ3n) is 3.30. The summed E-state index contributed by atoms with van der Waals surface area (Å²) in [7, 11) is 0. The number of fused-ring (bicyclic) bond motifs is 1. The lowest BCUT2D eigenvalue weighted by atomic mass is 9.90. The second kappa shape index (κ2) is 5.43. The third kappa shape index (κ3) is 3.58. The molecule has 0 atom stereocenters. The van der Waals surface area contributed by atoms with Crippen molar-refractivity contribution in [2.45, 2.75) is 38.5 Å². The zero-order valence-corrected chi connectivity index (χ0v) is 12.5. The molecule has 1 heterocycles. The first-order valence-electron chi connectivity index (χ1n) is 6.73. The Morgan fingerprint density at radius 3 is 2.83 bits per heavy atom. The molecule has 18 heavy (non-hydrogen) atoms. The summed E-state index contributed by atoms with van der Waals surface area (Å²) in [6.07, 6.45) is 2.52. The van der Waals surface area contributed by atoms with Crippen LogP contribution in [0, 0.1) is 5.41 Å². The van der Waals surface area contributed by atoms with Gasteiger partial charge in [0.05, 0.1) is 5.69 Å². The summed E-state index contributed by atoms with van der Waals surface area (Å²) < 4.78 is 0. The Bertz CT molecular complexity index is 409. The highest BCUT2D eigenvalue weighted by Gasteiger charge is 2.18. The van der Waals surface area contributed by atoms with E-state index in [0.717, 1.165) is 18.8 Å². The number of nitrogens with zero attached hydrogens (tertiary/aromatic N) is 1. The molecule has 1 aliphatic heterocycles. The molecule has 1 aliphatic rings. The van der Waals surface area contributed by atoms with Gasteiger partial charge < -0.3 is 10.6 Å². The van der Waals surface area contributed by atoms with Crippen molar-refractivity contribution in [3.63, 3.8) is 0 Å². The van der Waals surface area contributed by atoms with E-state index in [-0.39, 0.29) is 0 Å². The van der Waals surface area contributed by atoms with E-state index in [1.165, 1.54) is 29.2 Å². The molecule has 1 aromatic carbocycles. The van der Waals surface area contributed by atoms with Crippen molar-refractivity contribution in [2.24, 2.45) is 5.41 Å². The highest BCUT2D eigenvalue weighted by Crippen LogP contribution is 2.36. The average Bonchev–Trinajstić information content (AvgIpc) is 2.28. The lowest BCUT2D eigenvalue weighted by molar-refractivity contribution is 0.366. The minimum absolute atomic E-state index is 0.434. The normalized spacial score (nSPS) is 15.6. The van der Waals surface area contributed by atoms with E-state index in [0.29, 0.717) is 5.41 Å². The van der Waals surface area contributed by atoms with E-state index >= 15 is 0 Å². The number of rotatable bonds is 3. The first-order valence-corrected chi connectivity index (χ1v) is 7.71. The molecule has 0 spiro atoms. The second-order valence-electron chi connectivity index (χ2n) is 6.23. The van der Waals surface area contributed by atoms with E-state index < -0.39 is 0 Å². The van der Waals surface area contributed by atoms with E-state index in [9.17, 15) is 0 Å². The van der Waals surface area contributed by atoms with Crippen LogP contribution in [0.2, 0.25) is 0 Å². The predicted octanol–water partition coefficient (Wildman–Crippen LogP) is 4.01. The lowest BCUT2D eigenvalue weighted by Crippen LogP contribution is -2.30. The van der Waals surface area contributed by atoms with Crippen LogP contribution in [0.15, 0.2) is 23.1 Å². The Morgan fingerprint density at radius 1 is 1.33 bits per heavy atom. The van der Waals surface area contributed by atoms with Crippen LogP contribution < -0.4 is 10.6 Å². The largest absolute Gasteiger partial charge is 0.399 e. The zero-order valence-electron chi connectivity index (χ0n) is 11.7. The number of nitrogen functional groups attached to an aromatic ring is 1. The van der Waals surface area contributed by atoms with Crippen molar-refractivity contribution < 1.29 is 0 Å². The Morgan fingerprint density at radius 2 is 2.11 bits per heavy atom. The molecule has 0 bridgehead atoms. The van der Waals surface area contributed by atoms with Crippen LogP contribution in [-0.2, 0) is 0 Å². The molecule has 0 aromatic heterocycles. The summed E-state index contributed by atoms with van der Waals surface area (Å²) in [6, 6.07) is 6.29. The van der Waals surface area contributed by atoms with Crippen LogP contribution in [0.3, 0.4) is 0 Å². The third-order valence-corrected chi connectivity index (χ3v) is 4.34. The maximum absolute atomic E-state index is 5.91. The van der Waals surface area contributed by atoms with Gasteiger partial charge in [0.25, 0.3) is 0 Å². The van der Waals surface area contributed by atoms with E-state index in [1.807, 2.05) is 17.8 Å². The molecule has 1 aromatic rings. The van der Waals surface area contributed by atoms with Crippen molar-refractivity contribution in [1.82, 2.24) is 0 Å². The van der Waals surface area contributed by atoms with Crippen LogP contribution in [-0.4, -0.2) is 18.8 Å². The summed E-state index contributed by atoms with van der Waals surface area (Å²) in [5, 5.41) is 0. The van der Waals surface area contributed by atoms with Crippen molar-refractivity contribution in [1.29, 1.82) is 0 Å². The number of hydrogen-bond donors (Lipinski definition) is 1. The van der Waals surface area contributed by atoms with Gasteiger partial charge in [-0.3, -0.25) is 0 Å². The first-order chi connectivity index (χ1) is 8.46. The molecular weight excluding hydrogens is 240 g/mol. The highest BCUT2D eigenvalue weighted by molar-refractivity contribution is 7.99. The number of thioether (sulfide) groups is 1. The van der Waals surface area contributed by atoms with Gasteiger partial charge >= 0.3 is 0 Å². The van der Waals surface area contributed by atoms with Gasteiger partial charge in [0.2, 0.25) is 0 Å². The molecule has 2 rings (SSSR count). The van der Waals surface area contributed by atoms with Crippen molar-refractivity contribution in [3.8, 4) is 0 Å². The number of anilines is 2. The minimum atomic E-state index is 0.434. The van der Waals surface area contributed by atoms with Crippen LogP contribution in [0.5, 0.6) is 0 Å². The van der Waals surface area contributed by atoms with E-state index in [4.69, 9.17) is 5.73 Å². The van der Waals surface area contributed by atoms with Crippen molar-refractivity contribution in [2.75, 3.05) is 29.5 Å². The van der Waals surface area contributed by atoms with Crippen LogP contribution >= 0.6 is 11.8 Å². The van der Waals surface area contributed by atoms with Gasteiger partial charge in [0.15, 0.2) is 0 Å². The SMILES string of the molecule is CC(C)(C)CCCN1CCSc2ccc(N)cc21. The molecule has 3 heteroatoms. The molecule has 0 unspecified atom stereocenters. The molecule has 100 valence electrons. The summed E-state index contributed by atoms with van der Waals surface area (Å²) in [5.74, 6) is 1.19. The Labute approximate surface area is 115 Å². The summed E-state index contributed by atoms with van der Waals surface area (Å²) in [4.78, 5) is 3.87. The molecule has 0 saturated carbocycles. The standard InChI is InChI=1S/C15H24N2S/c1-15(2,3)7-4-8-17-9-10-18-14-6-5-12(16)11-13(14)17/h5-6,11H,4,7-10,16H2,1-3H3. The van der Waals surface area contributed by atoms with Crippen LogP contribution in [0.4, 0.5) is 11.4 Å². The van der Waals surface area contributed by atoms with E-state index in [2.05, 4.69) is 37.8 Å². The van der Waals surface area contributed by atoms with Crippen molar-refractivity contribution >= 4 is 23.1 Å². The van der Waals surface area contributed by atoms with Gasteiger partial charge in [-0.1, -0.05) is 20.8 Å². The summed E-state index contributed by atoms with van der Waals surface area (Å²) in [5.41, 5.74) is 8.55. The predicted molar refractivity (Wildman–Crippen MR) is 82.5 cm³/mol. The summed E-state index contributed by atoms with van der Waals surface area (Å²) in [6.45, 7) is 9.22. The molecule has 0 radical (unpaired) electrons. The van der Waals surface area contributed by atoms with Gasteiger partial charge in [-0.15, -0.1) is 11.8 Å². The smallest absolute Gasteiger partial charge is 0.0525 e. The fourth-order valence-electron chi connectivity index (χ4n) is 2.32.